The highest BCUT2D eigenvalue weighted by molar-refractivity contribution is 5.82. The monoisotopic (exact) mass is 327 g/mol. The summed E-state index contributed by atoms with van der Waals surface area (Å²) in [5.41, 5.74) is 6.43. The number of fused-ring (bicyclic) bond motifs is 1. The predicted molar refractivity (Wildman–Crippen MR) is 100 cm³/mol. The Morgan fingerprint density at radius 1 is 1.00 bits per heavy atom. The number of aromatic nitrogens is 3. The van der Waals surface area contributed by atoms with Crippen molar-refractivity contribution >= 4 is 11.4 Å². The smallest absolute Gasteiger partial charge is 0.137 e. The molecule has 3 heterocycles. The number of aryl methyl sites for hydroxylation is 1. The molecule has 1 aromatic carbocycles. The summed E-state index contributed by atoms with van der Waals surface area (Å²) >= 11 is 0. The third-order valence-corrected chi connectivity index (χ3v) is 4.20. The first-order valence-electron chi connectivity index (χ1n) is 8.02. The molecule has 0 fully saturated rings. The standard InChI is InChI=1S/C21H17N3O/c1-14-6-5-9-19(23-14)18-8-4-3-7-17(18)16-10-11-21-22-12-20(15(2)25)24(21)13-16/h3-13,25H,2H2,1H3. The second kappa shape index (κ2) is 5.91. The van der Waals surface area contributed by atoms with Gasteiger partial charge in [-0.15, -0.1) is 0 Å². The van der Waals surface area contributed by atoms with Crippen molar-refractivity contribution in [1.82, 2.24) is 14.4 Å². The van der Waals surface area contributed by atoms with Gasteiger partial charge in [-0.1, -0.05) is 36.9 Å². The summed E-state index contributed by atoms with van der Waals surface area (Å²) < 4.78 is 1.85. The number of aliphatic hydroxyl groups excluding tert-OH is 1. The lowest BCUT2D eigenvalue weighted by Gasteiger charge is -2.11. The van der Waals surface area contributed by atoms with Gasteiger partial charge in [0.05, 0.1) is 11.9 Å². The predicted octanol–water partition coefficient (Wildman–Crippen LogP) is 4.90. The fraction of sp³-hybridized carbons (Fsp3) is 0.0476. The van der Waals surface area contributed by atoms with Gasteiger partial charge in [0.15, 0.2) is 0 Å². The Labute approximate surface area is 145 Å². The third kappa shape index (κ3) is 2.68. The van der Waals surface area contributed by atoms with Gasteiger partial charge in [-0.3, -0.25) is 9.38 Å². The van der Waals surface area contributed by atoms with E-state index in [9.17, 15) is 5.11 Å². The summed E-state index contributed by atoms with van der Waals surface area (Å²) in [6.45, 7) is 5.60. The molecular formula is C21H17N3O. The summed E-state index contributed by atoms with van der Waals surface area (Å²) in [7, 11) is 0. The molecule has 4 aromatic rings. The van der Waals surface area contributed by atoms with Crippen molar-refractivity contribution in [3.05, 3.63) is 85.0 Å². The zero-order chi connectivity index (χ0) is 17.4. The lowest BCUT2D eigenvalue weighted by molar-refractivity contribution is 0.510. The highest BCUT2D eigenvalue weighted by atomic mass is 16.3. The Kier molecular flexibility index (Phi) is 3.58. The first kappa shape index (κ1) is 15.1. The van der Waals surface area contributed by atoms with Crippen molar-refractivity contribution < 1.29 is 5.11 Å². The molecule has 3 aromatic heterocycles. The van der Waals surface area contributed by atoms with Crippen LogP contribution in [0.5, 0.6) is 0 Å². The van der Waals surface area contributed by atoms with Crippen molar-refractivity contribution in [3.8, 4) is 22.4 Å². The van der Waals surface area contributed by atoms with Crippen LogP contribution in [0.15, 0.2) is 73.6 Å². The average molecular weight is 327 g/mol. The van der Waals surface area contributed by atoms with E-state index in [4.69, 9.17) is 0 Å². The summed E-state index contributed by atoms with van der Waals surface area (Å²) in [4.78, 5) is 8.95. The van der Waals surface area contributed by atoms with E-state index in [1.165, 1.54) is 0 Å². The van der Waals surface area contributed by atoms with Crippen molar-refractivity contribution in [3.63, 3.8) is 0 Å². The number of hydrogen-bond donors (Lipinski definition) is 1. The van der Waals surface area contributed by atoms with Crippen LogP contribution >= 0.6 is 0 Å². The topological polar surface area (TPSA) is 50.4 Å². The van der Waals surface area contributed by atoms with E-state index in [-0.39, 0.29) is 5.76 Å². The molecular weight excluding hydrogens is 310 g/mol. The van der Waals surface area contributed by atoms with Crippen LogP contribution < -0.4 is 0 Å². The summed E-state index contributed by atoms with van der Waals surface area (Å²) in [5, 5.41) is 9.77. The molecule has 0 atom stereocenters. The molecule has 0 saturated carbocycles. The van der Waals surface area contributed by atoms with E-state index < -0.39 is 0 Å². The fourth-order valence-electron chi connectivity index (χ4n) is 3.00. The molecule has 0 aliphatic heterocycles. The molecule has 4 nitrogen and oxygen atoms in total. The fourth-order valence-corrected chi connectivity index (χ4v) is 3.00. The molecule has 25 heavy (non-hydrogen) atoms. The van der Waals surface area contributed by atoms with Gasteiger partial charge in [-0.2, -0.15) is 0 Å². The van der Waals surface area contributed by atoms with Crippen LogP contribution in [0, 0.1) is 6.92 Å². The van der Waals surface area contributed by atoms with E-state index in [0.29, 0.717) is 5.69 Å². The second-order valence-electron chi connectivity index (χ2n) is 5.95. The Morgan fingerprint density at radius 3 is 2.56 bits per heavy atom. The van der Waals surface area contributed by atoms with Crippen LogP contribution in [0.1, 0.15) is 11.4 Å². The molecule has 4 heteroatoms. The van der Waals surface area contributed by atoms with Gasteiger partial charge in [0.1, 0.15) is 17.1 Å². The number of benzene rings is 1. The lowest BCUT2D eigenvalue weighted by atomic mass is 9.98. The highest BCUT2D eigenvalue weighted by Gasteiger charge is 2.11. The SMILES string of the molecule is C=C(O)c1cnc2ccc(-c3ccccc3-c3cccc(C)n3)cn12. The Balaban J connectivity index is 1.92. The van der Waals surface area contributed by atoms with Gasteiger partial charge in [-0.25, -0.2) is 4.98 Å². The third-order valence-electron chi connectivity index (χ3n) is 4.20. The van der Waals surface area contributed by atoms with Crippen LogP contribution in [-0.4, -0.2) is 19.5 Å². The number of aliphatic hydroxyl groups is 1. The Hall–Kier alpha value is -3.40. The minimum absolute atomic E-state index is 0.00159. The van der Waals surface area contributed by atoms with Gasteiger partial charge in [0.2, 0.25) is 0 Å². The van der Waals surface area contributed by atoms with E-state index in [1.807, 2.05) is 60.0 Å². The van der Waals surface area contributed by atoms with Gasteiger partial charge >= 0.3 is 0 Å². The minimum atomic E-state index is -0.00159. The molecule has 0 bridgehead atoms. The first-order chi connectivity index (χ1) is 12.1. The van der Waals surface area contributed by atoms with Crippen LogP contribution in [0.4, 0.5) is 0 Å². The summed E-state index contributed by atoms with van der Waals surface area (Å²) in [6, 6.07) is 18.2. The van der Waals surface area contributed by atoms with Crippen LogP contribution in [0.2, 0.25) is 0 Å². The van der Waals surface area contributed by atoms with Gasteiger partial charge < -0.3 is 5.11 Å². The van der Waals surface area contributed by atoms with Crippen LogP contribution in [0.25, 0.3) is 33.8 Å². The molecule has 0 spiro atoms. The second-order valence-corrected chi connectivity index (χ2v) is 5.95. The molecule has 122 valence electrons. The average Bonchev–Trinajstić information content (AvgIpc) is 3.05. The number of nitrogens with zero attached hydrogens (tertiary/aromatic N) is 3. The zero-order valence-corrected chi connectivity index (χ0v) is 13.8. The van der Waals surface area contributed by atoms with E-state index in [0.717, 1.165) is 33.7 Å². The molecule has 0 aliphatic carbocycles. The lowest BCUT2D eigenvalue weighted by Crippen LogP contribution is -1.94. The van der Waals surface area contributed by atoms with E-state index in [2.05, 4.69) is 28.7 Å². The van der Waals surface area contributed by atoms with Crippen molar-refractivity contribution in [2.45, 2.75) is 6.92 Å². The molecule has 1 N–H and O–H groups in total. The molecule has 0 saturated heterocycles. The number of hydrogen-bond acceptors (Lipinski definition) is 3. The maximum Gasteiger partial charge on any atom is 0.137 e. The first-order valence-corrected chi connectivity index (χ1v) is 8.02. The van der Waals surface area contributed by atoms with E-state index in [1.54, 1.807) is 6.20 Å². The van der Waals surface area contributed by atoms with Gasteiger partial charge in [-0.05, 0) is 42.3 Å². The number of imidazole rings is 1. The molecule has 0 radical (unpaired) electrons. The minimum Gasteiger partial charge on any atom is -0.506 e. The summed E-state index contributed by atoms with van der Waals surface area (Å²) in [6.07, 6.45) is 3.59. The van der Waals surface area contributed by atoms with Gasteiger partial charge in [0, 0.05) is 17.5 Å². The molecule has 0 aliphatic rings. The van der Waals surface area contributed by atoms with Crippen molar-refractivity contribution in [1.29, 1.82) is 0 Å². The van der Waals surface area contributed by atoms with Crippen LogP contribution in [0.3, 0.4) is 0 Å². The van der Waals surface area contributed by atoms with Crippen LogP contribution in [-0.2, 0) is 0 Å². The molecule has 4 rings (SSSR count). The normalized spacial score (nSPS) is 10.9. The number of pyridine rings is 2. The quantitative estimate of drug-likeness (QED) is 0.544. The highest BCUT2D eigenvalue weighted by Crippen LogP contribution is 2.31. The Morgan fingerprint density at radius 2 is 1.80 bits per heavy atom. The summed E-state index contributed by atoms with van der Waals surface area (Å²) in [5.74, 6) is -0.00159. The maximum absolute atomic E-state index is 9.77. The zero-order valence-electron chi connectivity index (χ0n) is 13.8. The maximum atomic E-state index is 9.77. The van der Waals surface area contributed by atoms with Gasteiger partial charge in [0.25, 0.3) is 0 Å². The van der Waals surface area contributed by atoms with Crippen molar-refractivity contribution in [2.24, 2.45) is 0 Å². The molecule has 0 unspecified atom stereocenters. The van der Waals surface area contributed by atoms with Crippen molar-refractivity contribution in [2.75, 3.05) is 0 Å². The number of rotatable bonds is 3. The molecule has 0 amide bonds. The largest absolute Gasteiger partial charge is 0.506 e. The Bertz CT molecular complexity index is 1100. The van der Waals surface area contributed by atoms with E-state index >= 15 is 0 Å².